The van der Waals surface area contributed by atoms with Crippen LogP contribution in [0.4, 0.5) is 16.1 Å². The second kappa shape index (κ2) is 6.50. The van der Waals surface area contributed by atoms with Gasteiger partial charge in [0, 0.05) is 17.0 Å². The van der Waals surface area contributed by atoms with Crippen LogP contribution in [-0.4, -0.2) is 16.0 Å². The highest BCUT2D eigenvalue weighted by Crippen LogP contribution is 2.47. The van der Waals surface area contributed by atoms with Gasteiger partial charge in [-0.2, -0.15) is 4.39 Å². The van der Waals surface area contributed by atoms with E-state index in [2.05, 4.69) is 22.4 Å². The number of aromatic nitrogens is 2. The number of benzene rings is 1. The van der Waals surface area contributed by atoms with E-state index in [4.69, 9.17) is 10.3 Å². The number of halogens is 1. The molecular weight excluding hydrogens is 347 g/mol. The molecule has 2 aromatic heterocycles. The Labute approximate surface area is 155 Å². The Kier molecular flexibility index (Phi) is 4.14. The lowest BCUT2D eigenvalue weighted by Crippen LogP contribution is -2.13. The molecule has 1 fully saturated rings. The van der Waals surface area contributed by atoms with Crippen LogP contribution in [0.1, 0.15) is 31.0 Å². The molecule has 3 N–H and O–H groups in total. The number of nitrogens with one attached hydrogen (secondary N) is 1. The zero-order valence-electron chi connectivity index (χ0n) is 14.8. The van der Waals surface area contributed by atoms with E-state index >= 15 is 0 Å². The van der Waals surface area contributed by atoms with Crippen molar-refractivity contribution in [2.75, 3.05) is 11.1 Å². The van der Waals surface area contributed by atoms with E-state index in [0.29, 0.717) is 17.0 Å². The highest BCUT2D eigenvalue weighted by atomic mass is 19.1. The second-order valence-electron chi connectivity index (χ2n) is 7.13. The molecular formula is C20H19FN4O2. The van der Waals surface area contributed by atoms with Crippen molar-refractivity contribution in [1.29, 1.82) is 0 Å². The topological polar surface area (TPSA) is 94.0 Å². The van der Waals surface area contributed by atoms with Gasteiger partial charge in [0.1, 0.15) is 5.82 Å². The van der Waals surface area contributed by atoms with Crippen molar-refractivity contribution in [3.05, 3.63) is 59.7 Å². The van der Waals surface area contributed by atoms with E-state index in [0.717, 1.165) is 24.1 Å². The molecule has 2 heterocycles. The van der Waals surface area contributed by atoms with Gasteiger partial charge in [-0.3, -0.25) is 10.1 Å². The van der Waals surface area contributed by atoms with Crippen molar-refractivity contribution < 1.29 is 13.7 Å². The molecule has 0 aliphatic heterocycles. The summed E-state index contributed by atoms with van der Waals surface area (Å²) in [5, 5.41) is 6.75. The lowest BCUT2D eigenvalue weighted by Gasteiger charge is -2.06. The molecule has 0 bridgehead atoms. The summed E-state index contributed by atoms with van der Waals surface area (Å²) in [6, 6.07) is 12.0. The number of rotatable bonds is 5. The van der Waals surface area contributed by atoms with Crippen LogP contribution >= 0.6 is 0 Å². The summed E-state index contributed by atoms with van der Waals surface area (Å²) in [7, 11) is 0. The fourth-order valence-electron chi connectivity index (χ4n) is 2.90. The van der Waals surface area contributed by atoms with Crippen LogP contribution in [0.2, 0.25) is 0 Å². The monoisotopic (exact) mass is 366 g/mol. The van der Waals surface area contributed by atoms with Gasteiger partial charge in [0.25, 0.3) is 0 Å². The third kappa shape index (κ3) is 3.67. The number of carbonyl (C=O) groups excluding carboxylic acids is 1. The molecule has 3 aromatic rings. The quantitative estimate of drug-likeness (QED) is 0.672. The standard InChI is InChI=1S/C20H19FN4O2/c1-20(8-9-20)15-11-18(27-25-15)24-17(26)10-12-2-4-13(5-3-12)14-6-7-16(22)23-19(14)21/h2-7,11H,8-10H2,1H3,(H2,22,23)(H,24,26). The first-order valence-corrected chi connectivity index (χ1v) is 8.71. The number of anilines is 2. The highest BCUT2D eigenvalue weighted by Gasteiger charge is 2.42. The summed E-state index contributed by atoms with van der Waals surface area (Å²) >= 11 is 0. The smallest absolute Gasteiger partial charge is 0.231 e. The van der Waals surface area contributed by atoms with E-state index in [1.807, 2.05) is 0 Å². The molecule has 0 radical (unpaired) electrons. The number of hydrogen-bond acceptors (Lipinski definition) is 5. The summed E-state index contributed by atoms with van der Waals surface area (Å²) in [6.45, 7) is 2.12. The molecule has 138 valence electrons. The Morgan fingerprint density at radius 2 is 2.00 bits per heavy atom. The molecule has 1 saturated carbocycles. The van der Waals surface area contributed by atoms with Gasteiger partial charge >= 0.3 is 0 Å². The minimum atomic E-state index is -0.619. The molecule has 0 spiro atoms. The summed E-state index contributed by atoms with van der Waals surface area (Å²) in [4.78, 5) is 15.8. The number of hydrogen-bond donors (Lipinski definition) is 2. The molecule has 1 aliphatic carbocycles. The molecule has 1 aromatic carbocycles. The highest BCUT2D eigenvalue weighted by molar-refractivity contribution is 5.91. The van der Waals surface area contributed by atoms with Gasteiger partial charge in [0.15, 0.2) is 0 Å². The van der Waals surface area contributed by atoms with Gasteiger partial charge in [-0.05, 0) is 36.1 Å². The maximum absolute atomic E-state index is 13.9. The molecule has 7 heteroatoms. The molecule has 1 amide bonds. The average molecular weight is 366 g/mol. The predicted octanol–water partition coefficient (Wildman–Crippen LogP) is 3.69. The van der Waals surface area contributed by atoms with E-state index in [9.17, 15) is 9.18 Å². The Morgan fingerprint density at radius 3 is 2.67 bits per heavy atom. The van der Waals surface area contributed by atoms with Gasteiger partial charge in [-0.25, -0.2) is 4.98 Å². The van der Waals surface area contributed by atoms with E-state index in [-0.39, 0.29) is 23.6 Å². The van der Waals surface area contributed by atoms with Crippen molar-refractivity contribution in [3.8, 4) is 11.1 Å². The van der Waals surface area contributed by atoms with Gasteiger partial charge in [-0.15, -0.1) is 0 Å². The summed E-state index contributed by atoms with van der Waals surface area (Å²) in [6.07, 6.45) is 2.35. The third-order valence-electron chi connectivity index (χ3n) is 4.89. The minimum absolute atomic E-state index is 0.0918. The molecule has 6 nitrogen and oxygen atoms in total. The van der Waals surface area contributed by atoms with Crippen LogP contribution in [-0.2, 0) is 16.6 Å². The normalized spacial score (nSPS) is 14.7. The fraction of sp³-hybridized carbons (Fsp3) is 0.250. The van der Waals surface area contributed by atoms with Gasteiger partial charge < -0.3 is 10.3 Å². The van der Waals surface area contributed by atoms with Crippen molar-refractivity contribution in [1.82, 2.24) is 10.1 Å². The number of nitrogens with zero attached hydrogens (tertiary/aromatic N) is 2. The third-order valence-corrected chi connectivity index (χ3v) is 4.89. The van der Waals surface area contributed by atoms with Crippen molar-refractivity contribution in [2.45, 2.75) is 31.6 Å². The van der Waals surface area contributed by atoms with Crippen LogP contribution in [0.5, 0.6) is 0 Å². The van der Waals surface area contributed by atoms with Crippen LogP contribution in [0.25, 0.3) is 11.1 Å². The first-order chi connectivity index (χ1) is 12.9. The summed E-state index contributed by atoms with van der Waals surface area (Å²) in [5.41, 5.74) is 8.27. The van der Waals surface area contributed by atoms with E-state index in [1.54, 1.807) is 42.5 Å². The van der Waals surface area contributed by atoms with E-state index in [1.165, 1.54) is 0 Å². The van der Waals surface area contributed by atoms with Gasteiger partial charge in [-0.1, -0.05) is 36.3 Å². The number of amides is 1. The van der Waals surface area contributed by atoms with Crippen molar-refractivity contribution in [2.24, 2.45) is 0 Å². The number of pyridine rings is 1. The Morgan fingerprint density at radius 1 is 1.26 bits per heavy atom. The maximum Gasteiger partial charge on any atom is 0.231 e. The largest absolute Gasteiger partial charge is 0.384 e. The van der Waals surface area contributed by atoms with Crippen molar-refractivity contribution >= 4 is 17.6 Å². The Hall–Kier alpha value is -3.22. The SMILES string of the molecule is CC1(c2cc(NC(=O)Cc3ccc(-c4ccc(N)nc4F)cc3)on2)CC1. The first-order valence-electron chi connectivity index (χ1n) is 8.71. The van der Waals surface area contributed by atoms with Gasteiger partial charge in [0.05, 0.1) is 12.1 Å². The van der Waals surface area contributed by atoms with Gasteiger partial charge in [0.2, 0.25) is 17.7 Å². The fourth-order valence-corrected chi connectivity index (χ4v) is 2.90. The van der Waals surface area contributed by atoms with E-state index < -0.39 is 5.95 Å². The molecule has 27 heavy (non-hydrogen) atoms. The Bertz CT molecular complexity index is 993. The zero-order chi connectivity index (χ0) is 19.0. The first kappa shape index (κ1) is 17.2. The van der Waals surface area contributed by atoms with Crippen LogP contribution < -0.4 is 11.1 Å². The number of nitrogens with two attached hydrogens (primary N) is 1. The maximum atomic E-state index is 13.9. The van der Waals surface area contributed by atoms with Crippen molar-refractivity contribution in [3.63, 3.8) is 0 Å². The molecule has 0 saturated heterocycles. The van der Waals surface area contributed by atoms with Crippen LogP contribution in [0.3, 0.4) is 0 Å². The lowest BCUT2D eigenvalue weighted by molar-refractivity contribution is -0.115. The number of carbonyl (C=O) groups is 1. The predicted molar refractivity (Wildman–Crippen MR) is 99.5 cm³/mol. The molecule has 0 atom stereocenters. The van der Waals surface area contributed by atoms with Crippen LogP contribution in [0.15, 0.2) is 47.0 Å². The average Bonchev–Trinajstić information content (AvgIpc) is 3.20. The summed E-state index contributed by atoms with van der Waals surface area (Å²) < 4.78 is 19.1. The molecule has 1 aliphatic rings. The second-order valence-corrected chi connectivity index (χ2v) is 7.13. The zero-order valence-corrected chi connectivity index (χ0v) is 14.8. The van der Waals surface area contributed by atoms with Crippen LogP contribution in [0, 0.1) is 5.95 Å². The molecule has 4 rings (SSSR count). The Balaban J connectivity index is 1.40. The number of nitrogen functional groups attached to an aromatic ring is 1. The summed E-state index contributed by atoms with van der Waals surface area (Å²) in [5.74, 6) is -0.330. The minimum Gasteiger partial charge on any atom is -0.384 e. The molecule has 0 unspecified atom stereocenters. The lowest BCUT2D eigenvalue weighted by atomic mass is 10.0.